The van der Waals surface area contributed by atoms with E-state index in [2.05, 4.69) is 29.3 Å². The molecule has 3 aromatic carbocycles. The Morgan fingerprint density at radius 3 is 2.27 bits per heavy atom. The minimum Gasteiger partial charge on any atom is -0.461 e. The zero-order chi connectivity index (χ0) is 28.4. The smallest absolute Gasteiger partial charge is 0.309 e. The number of piperidine rings is 1. The maximum absolute atomic E-state index is 13.2. The first kappa shape index (κ1) is 29.9. The number of rotatable bonds is 13. The lowest BCUT2D eigenvalue weighted by Crippen LogP contribution is -2.52. The standard InChI is InChI=1S/C32H41N3O4S/c1-3-33-31-23-28(32(36)39-25-26-13-7-4-8-14-26)19-21-35(31)22-20-29(27-15-9-5-10-16-27)24-34(2)40(37,38)30-17-11-6-12-18-30/h4-18,28-29,31,33H,3,19-25H2,1-2H3. The Balaban J connectivity index is 1.39. The number of hydrogen-bond acceptors (Lipinski definition) is 6. The molecule has 0 radical (unpaired) electrons. The topological polar surface area (TPSA) is 79.0 Å². The van der Waals surface area contributed by atoms with Crippen LogP contribution in [-0.4, -0.2) is 63.0 Å². The highest BCUT2D eigenvalue weighted by molar-refractivity contribution is 7.89. The number of ether oxygens (including phenoxy) is 1. The lowest BCUT2D eigenvalue weighted by atomic mass is 9.92. The van der Waals surface area contributed by atoms with Gasteiger partial charge < -0.3 is 10.1 Å². The summed E-state index contributed by atoms with van der Waals surface area (Å²) in [5.74, 6) is -0.252. The van der Waals surface area contributed by atoms with Crippen LogP contribution in [0.5, 0.6) is 0 Å². The number of nitrogens with zero attached hydrogens (tertiary/aromatic N) is 2. The van der Waals surface area contributed by atoms with E-state index in [9.17, 15) is 13.2 Å². The van der Waals surface area contributed by atoms with E-state index in [-0.39, 0.29) is 24.0 Å². The van der Waals surface area contributed by atoms with Crippen LogP contribution in [0.1, 0.15) is 43.2 Å². The van der Waals surface area contributed by atoms with Gasteiger partial charge >= 0.3 is 5.97 Å². The number of likely N-dealkylation sites (N-methyl/N-ethyl adjacent to an activating group) is 1. The van der Waals surface area contributed by atoms with E-state index < -0.39 is 10.0 Å². The van der Waals surface area contributed by atoms with Gasteiger partial charge in [0.1, 0.15) is 6.61 Å². The minimum absolute atomic E-state index is 0.0283. The molecule has 3 unspecified atom stereocenters. The van der Waals surface area contributed by atoms with Crippen molar-refractivity contribution in [2.45, 2.75) is 49.8 Å². The summed E-state index contributed by atoms with van der Waals surface area (Å²) >= 11 is 0. The average molecular weight is 564 g/mol. The summed E-state index contributed by atoms with van der Waals surface area (Å²) in [4.78, 5) is 15.6. The summed E-state index contributed by atoms with van der Waals surface area (Å²) in [6.07, 6.45) is 2.30. The van der Waals surface area contributed by atoms with Crippen LogP contribution in [0.15, 0.2) is 95.9 Å². The molecule has 0 aliphatic carbocycles. The van der Waals surface area contributed by atoms with Crippen LogP contribution in [0.25, 0.3) is 0 Å². The molecule has 1 aliphatic heterocycles. The molecule has 8 heteroatoms. The lowest BCUT2D eigenvalue weighted by Gasteiger charge is -2.40. The summed E-state index contributed by atoms with van der Waals surface area (Å²) < 4.78 is 33.6. The van der Waals surface area contributed by atoms with Crippen LogP contribution in [0.4, 0.5) is 0 Å². The SMILES string of the molecule is CCNC1CC(C(=O)OCc2ccccc2)CCN1CCC(CN(C)S(=O)(=O)c1ccccc1)c1ccccc1. The quantitative estimate of drug-likeness (QED) is 0.299. The fourth-order valence-corrected chi connectivity index (χ4v) is 6.62. The third-order valence-electron chi connectivity index (χ3n) is 7.67. The molecular formula is C32H41N3O4S. The van der Waals surface area contributed by atoms with Crippen molar-refractivity contribution in [3.63, 3.8) is 0 Å². The summed E-state index contributed by atoms with van der Waals surface area (Å²) in [6, 6.07) is 28.5. The third-order valence-corrected chi connectivity index (χ3v) is 9.51. The molecule has 1 N–H and O–H groups in total. The Hall–Kier alpha value is -3.04. The van der Waals surface area contributed by atoms with E-state index in [1.165, 1.54) is 4.31 Å². The Morgan fingerprint density at radius 2 is 1.62 bits per heavy atom. The molecule has 0 amide bonds. The molecule has 3 aromatic rings. The van der Waals surface area contributed by atoms with E-state index in [1.54, 1.807) is 31.3 Å². The van der Waals surface area contributed by atoms with Crippen molar-refractivity contribution in [1.29, 1.82) is 0 Å². The largest absolute Gasteiger partial charge is 0.461 e. The van der Waals surface area contributed by atoms with Gasteiger partial charge in [-0.3, -0.25) is 9.69 Å². The maximum atomic E-state index is 13.2. The molecule has 4 rings (SSSR count). The monoisotopic (exact) mass is 563 g/mol. The third kappa shape index (κ3) is 8.01. The molecule has 0 spiro atoms. The first-order valence-electron chi connectivity index (χ1n) is 14.1. The van der Waals surface area contributed by atoms with E-state index in [1.807, 2.05) is 54.6 Å². The number of esters is 1. The van der Waals surface area contributed by atoms with E-state index in [0.29, 0.717) is 24.5 Å². The summed E-state index contributed by atoms with van der Waals surface area (Å²) in [5.41, 5.74) is 2.11. The number of carbonyl (C=O) groups excluding carboxylic acids is 1. The second kappa shape index (κ2) is 14.6. The molecule has 7 nitrogen and oxygen atoms in total. The Labute approximate surface area is 239 Å². The second-order valence-corrected chi connectivity index (χ2v) is 12.5. The number of hydrogen-bond donors (Lipinski definition) is 1. The van der Waals surface area contributed by atoms with Gasteiger partial charge in [0.05, 0.1) is 17.0 Å². The zero-order valence-corrected chi connectivity index (χ0v) is 24.3. The fraction of sp³-hybridized carbons (Fsp3) is 0.406. The van der Waals surface area contributed by atoms with Crippen LogP contribution in [0.2, 0.25) is 0 Å². The molecule has 1 saturated heterocycles. The highest BCUT2D eigenvalue weighted by atomic mass is 32.2. The van der Waals surface area contributed by atoms with Gasteiger partial charge in [-0.2, -0.15) is 0 Å². The van der Waals surface area contributed by atoms with Gasteiger partial charge in [-0.1, -0.05) is 85.8 Å². The highest BCUT2D eigenvalue weighted by Crippen LogP contribution is 2.28. The molecule has 0 bridgehead atoms. The number of benzene rings is 3. The molecule has 214 valence electrons. The Kier molecular flexibility index (Phi) is 10.9. The Morgan fingerprint density at radius 1 is 1.00 bits per heavy atom. The molecule has 1 heterocycles. The van der Waals surface area contributed by atoms with E-state index in [0.717, 1.165) is 43.6 Å². The minimum atomic E-state index is -3.59. The molecule has 1 aliphatic rings. The molecule has 0 aromatic heterocycles. The summed E-state index contributed by atoms with van der Waals surface area (Å²) in [6.45, 7) is 5.13. The number of sulfonamides is 1. The van der Waals surface area contributed by atoms with Crippen LogP contribution >= 0.6 is 0 Å². The van der Waals surface area contributed by atoms with Gasteiger partial charge in [0, 0.05) is 26.7 Å². The lowest BCUT2D eigenvalue weighted by molar-refractivity contribution is -0.152. The van der Waals surface area contributed by atoms with Gasteiger partial charge in [-0.25, -0.2) is 12.7 Å². The molecular weight excluding hydrogens is 522 g/mol. The molecule has 3 atom stereocenters. The fourth-order valence-electron chi connectivity index (χ4n) is 5.38. The first-order chi connectivity index (χ1) is 19.4. The molecule has 40 heavy (non-hydrogen) atoms. The van der Waals surface area contributed by atoms with Crippen LogP contribution < -0.4 is 5.32 Å². The normalized spacial score (nSPS) is 18.9. The van der Waals surface area contributed by atoms with Gasteiger partial charge in [-0.05, 0) is 55.0 Å². The van der Waals surface area contributed by atoms with E-state index in [4.69, 9.17) is 4.74 Å². The van der Waals surface area contributed by atoms with Gasteiger partial charge in [0.15, 0.2) is 0 Å². The second-order valence-electron chi connectivity index (χ2n) is 10.4. The van der Waals surface area contributed by atoms with Crippen molar-refractivity contribution in [3.05, 3.63) is 102 Å². The van der Waals surface area contributed by atoms with Crippen LogP contribution in [0.3, 0.4) is 0 Å². The molecule has 0 saturated carbocycles. The van der Waals surface area contributed by atoms with Crippen molar-refractivity contribution >= 4 is 16.0 Å². The van der Waals surface area contributed by atoms with Gasteiger partial charge in [0.2, 0.25) is 10.0 Å². The maximum Gasteiger partial charge on any atom is 0.309 e. The predicted molar refractivity (Wildman–Crippen MR) is 158 cm³/mol. The van der Waals surface area contributed by atoms with Crippen molar-refractivity contribution in [1.82, 2.24) is 14.5 Å². The number of carbonyl (C=O) groups is 1. The van der Waals surface area contributed by atoms with Crippen molar-refractivity contribution in [2.24, 2.45) is 5.92 Å². The van der Waals surface area contributed by atoms with Crippen molar-refractivity contribution in [2.75, 3.05) is 33.2 Å². The highest BCUT2D eigenvalue weighted by Gasteiger charge is 2.33. The average Bonchev–Trinajstić information content (AvgIpc) is 2.99. The summed E-state index contributed by atoms with van der Waals surface area (Å²) in [5, 5.41) is 3.56. The first-order valence-corrected chi connectivity index (χ1v) is 15.6. The zero-order valence-electron chi connectivity index (χ0n) is 23.5. The molecule has 1 fully saturated rings. The number of nitrogens with one attached hydrogen (secondary N) is 1. The van der Waals surface area contributed by atoms with E-state index >= 15 is 0 Å². The van der Waals surface area contributed by atoms with Crippen LogP contribution in [0, 0.1) is 5.92 Å². The summed E-state index contributed by atoms with van der Waals surface area (Å²) in [7, 11) is -1.93. The van der Waals surface area contributed by atoms with Crippen molar-refractivity contribution < 1.29 is 17.9 Å². The predicted octanol–water partition coefficient (Wildman–Crippen LogP) is 4.87. The van der Waals surface area contributed by atoms with Crippen molar-refractivity contribution in [3.8, 4) is 0 Å². The van der Waals surface area contributed by atoms with Gasteiger partial charge in [-0.15, -0.1) is 0 Å². The number of likely N-dealkylation sites (tertiary alicyclic amines) is 1. The van der Waals surface area contributed by atoms with Crippen LogP contribution in [-0.2, 0) is 26.2 Å². The Bertz CT molecular complexity index is 1290. The van der Waals surface area contributed by atoms with Gasteiger partial charge in [0.25, 0.3) is 0 Å².